The average Bonchev–Trinajstić information content (AvgIpc) is 3.18. The van der Waals surface area contributed by atoms with Crippen LogP contribution in [0.15, 0.2) is 60.9 Å². The van der Waals surface area contributed by atoms with Crippen molar-refractivity contribution in [3.63, 3.8) is 0 Å². The van der Waals surface area contributed by atoms with E-state index in [-0.39, 0.29) is 11.3 Å². The predicted molar refractivity (Wildman–Crippen MR) is 105 cm³/mol. The first kappa shape index (κ1) is 17.7. The standard InChI is InChI=1S/C22H25N3O2/c1-2-18(26)21(27)24-14-11-22(12-15-24,17-8-4-3-5-9-17)19-16-25-13-7-6-10-20(25)23-19/h3-10,13,16,18,26H,2,11-12,14-15H2,1H3. The summed E-state index contributed by atoms with van der Waals surface area (Å²) >= 11 is 0. The molecule has 5 nitrogen and oxygen atoms in total. The molecule has 3 heterocycles. The normalized spacial score (nSPS) is 17.8. The first-order valence-corrected chi connectivity index (χ1v) is 9.60. The second-order valence-corrected chi connectivity index (χ2v) is 7.29. The van der Waals surface area contributed by atoms with Crippen LogP contribution in [0.2, 0.25) is 0 Å². The van der Waals surface area contributed by atoms with Crippen LogP contribution < -0.4 is 0 Å². The minimum Gasteiger partial charge on any atom is -0.383 e. The first-order valence-electron chi connectivity index (χ1n) is 9.60. The van der Waals surface area contributed by atoms with Crippen molar-refractivity contribution in [1.82, 2.24) is 14.3 Å². The van der Waals surface area contributed by atoms with Gasteiger partial charge in [-0.3, -0.25) is 4.79 Å². The molecule has 1 unspecified atom stereocenters. The van der Waals surface area contributed by atoms with E-state index in [9.17, 15) is 9.90 Å². The Morgan fingerprint density at radius 1 is 1.15 bits per heavy atom. The van der Waals surface area contributed by atoms with Gasteiger partial charge in [0.25, 0.3) is 5.91 Å². The fourth-order valence-corrected chi connectivity index (χ4v) is 4.11. The predicted octanol–water partition coefficient (Wildman–Crippen LogP) is 3.01. The number of hydrogen-bond acceptors (Lipinski definition) is 3. The quantitative estimate of drug-likeness (QED) is 0.775. The number of benzene rings is 1. The van der Waals surface area contributed by atoms with Crippen LogP contribution in [-0.2, 0) is 10.2 Å². The Bertz CT molecular complexity index is 894. The molecule has 140 valence electrons. The molecule has 1 aromatic carbocycles. The molecular formula is C22H25N3O2. The van der Waals surface area contributed by atoms with E-state index < -0.39 is 6.10 Å². The lowest BCUT2D eigenvalue weighted by molar-refractivity contribution is -0.141. The Morgan fingerprint density at radius 2 is 1.85 bits per heavy atom. The molecule has 1 fully saturated rings. The fraction of sp³-hybridized carbons (Fsp3) is 0.364. The van der Waals surface area contributed by atoms with Crippen molar-refractivity contribution in [2.75, 3.05) is 13.1 Å². The molecule has 0 saturated carbocycles. The largest absolute Gasteiger partial charge is 0.383 e. The van der Waals surface area contributed by atoms with E-state index in [0.29, 0.717) is 19.5 Å². The van der Waals surface area contributed by atoms with Gasteiger partial charge in [0.2, 0.25) is 0 Å². The van der Waals surface area contributed by atoms with Crippen LogP contribution in [-0.4, -0.2) is 44.5 Å². The molecule has 2 aromatic heterocycles. The number of aliphatic hydroxyl groups excluding tert-OH is 1. The smallest absolute Gasteiger partial charge is 0.251 e. The van der Waals surface area contributed by atoms with E-state index in [1.807, 2.05) is 37.4 Å². The fourth-order valence-electron chi connectivity index (χ4n) is 4.11. The van der Waals surface area contributed by atoms with Gasteiger partial charge in [0, 0.05) is 30.9 Å². The number of imidazole rings is 1. The third-order valence-corrected chi connectivity index (χ3v) is 5.78. The minimum atomic E-state index is -0.899. The van der Waals surface area contributed by atoms with Crippen molar-refractivity contribution in [2.24, 2.45) is 0 Å². The Kier molecular flexibility index (Phi) is 4.70. The first-order chi connectivity index (χ1) is 13.1. The number of amides is 1. The zero-order valence-corrected chi connectivity index (χ0v) is 15.6. The van der Waals surface area contributed by atoms with Gasteiger partial charge in [-0.25, -0.2) is 4.98 Å². The zero-order chi connectivity index (χ0) is 18.9. The molecule has 1 saturated heterocycles. The third-order valence-electron chi connectivity index (χ3n) is 5.78. The number of fused-ring (bicyclic) bond motifs is 1. The van der Waals surface area contributed by atoms with Gasteiger partial charge in [-0.1, -0.05) is 43.3 Å². The molecule has 1 aliphatic heterocycles. The van der Waals surface area contributed by atoms with Crippen molar-refractivity contribution in [3.05, 3.63) is 72.2 Å². The summed E-state index contributed by atoms with van der Waals surface area (Å²) in [6.45, 7) is 3.08. The number of pyridine rings is 1. The summed E-state index contributed by atoms with van der Waals surface area (Å²) in [6.07, 6.45) is 5.27. The summed E-state index contributed by atoms with van der Waals surface area (Å²) in [5.74, 6) is -0.158. The Labute approximate surface area is 159 Å². The summed E-state index contributed by atoms with van der Waals surface area (Å²) in [7, 11) is 0. The maximum Gasteiger partial charge on any atom is 0.251 e. The third kappa shape index (κ3) is 3.12. The molecule has 3 aromatic rings. The minimum absolute atomic E-state index is 0.158. The number of nitrogens with zero attached hydrogens (tertiary/aromatic N) is 3. The van der Waals surface area contributed by atoms with Crippen LogP contribution in [0.25, 0.3) is 5.65 Å². The van der Waals surface area contributed by atoms with Crippen LogP contribution in [0.3, 0.4) is 0 Å². The van der Waals surface area contributed by atoms with Crippen molar-refractivity contribution >= 4 is 11.6 Å². The lowest BCUT2D eigenvalue weighted by atomic mass is 9.70. The number of carbonyl (C=O) groups is 1. The second kappa shape index (κ2) is 7.16. The van der Waals surface area contributed by atoms with E-state index in [0.717, 1.165) is 24.2 Å². The summed E-state index contributed by atoms with van der Waals surface area (Å²) < 4.78 is 2.05. The number of aromatic nitrogens is 2. The van der Waals surface area contributed by atoms with Crippen LogP contribution in [0.4, 0.5) is 0 Å². The van der Waals surface area contributed by atoms with Crippen LogP contribution in [0.5, 0.6) is 0 Å². The molecule has 0 aliphatic carbocycles. The SMILES string of the molecule is CCC(O)C(=O)N1CCC(c2ccccc2)(c2cn3ccccc3n2)CC1. The zero-order valence-electron chi connectivity index (χ0n) is 15.6. The van der Waals surface area contributed by atoms with Crippen molar-refractivity contribution in [1.29, 1.82) is 0 Å². The maximum absolute atomic E-state index is 12.4. The molecule has 0 spiro atoms. The molecule has 4 rings (SSSR count). The van der Waals surface area contributed by atoms with E-state index in [4.69, 9.17) is 4.98 Å². The van der Waals surface area contributed by atoms with Gasteiger partial charge in [-0.05, 0) is 37.0 Å². The van der Waals surface area contributed by atoms with E-state index in [1.54, 1.807) is 4.90 Å². The highest BCUT2D eigenvalue weighted by Gasteiger charge is 2.41. The monoisotopic (exact) mass is 363 g/mol. The molecule has 5 heteroatoms. The van der Waals surface area contributed by atoms with Crippen molar-refractivity contribution in [3.8, 4) is 0 Å². The highest BCUT2D eigenvalue weighted by atomic mass is 16.3. The Hall–Kier alpha value is -2.66. The van der Waals surface area contributed by atoms with Gasteiger partial charge in [0.1, 0.15) is 11.8 Å². The lowest BCUT2D eigenvalue weighted by Crippen LogP contribution is -2.48. The van der Waals surface area contributed by atoms with Gasteiger partial charge in [-0.2, -0.15) is 0 Å². The van der Waals surface area contributed by atoms with Crippen LogP contribution in [0.1, 0.15) is 37.4 Å². The van der Waals surface area contributed by atoms with Crippen molar-refractivity contribution in [2.45, 2.75) is 37.7 Å². The van der Waals surface area contributed by atoms with Gasteiger partial charge in [0.15, 0.2) is 0 Å². The number of likely N-dealkylation sites (tertiary alicyclic amines) is 1. The number of piperidine rings is 1. The highest BCUT2D eigenvalue weighted by Crippen LogP contribution is 2.41. The summed E-state index contributed by atoms with van der Waals surface area (Å²) in [4.78, 5) is 19.1. The van der Waals surface area contributed by atoms with Gasteiger partial charge < -0.3 is 14.4 Å². The van der Waals surface area contributed by atoms with Crippen molar-refractivity contribution < 1.29 is 9.90 Å². The Morgan fingerprint density at radius 3 is 2.52 bits per heavy atom. The summed E-state index contributed by atoms with van der Waals surface area (Å²) in [5, 5.41) is 9.93. The molecule has 0 bridgehead atoms. The lowest BCUT2D eigenvalue weighted by Gasteiger charge is -2.41. The number of hydrogen-bond donors (Lipinski definition) is 1. The molecule has 1 aliphatic rings. The van der Waals surface area contributed by atoms with Crippen LogP contribution in [0, 0.1) is 0 Å². The van der Waals surface area contributed by atoms with Crippen LogP contribution >= 0.6 is 0 Å². The van der Waals surface area contributed by atoms with Gasteiger partial charge in [-0.15, -0.1) is 0 Å². The molecular weight excluding hydrogens is 338 g/mol. The van der Waals surface area contributed by atoms with E-state index >= 15 is 0 Å². The number of carbonyl (C=O) groups excluding carboxylic acids is 1. The molecule has 27 heavy (non-hydrogen) atoms. The number of rotatable bonds is 4. The second-order valence-electron chi connectivity index (χ2n) is 7.29. The molecule has 1 N–H and O–H groups in total. The highest BCUT2D eigenvalue weighted by molar-refractivity contribution is 5.80. The molecule has 1 atom stereocenters. The summed E-state index contributed by atoms with van der Waals surface area (Å²) in [6, 6.07) is 16.5. The Balaban J connectivity index is 1.70. The van der Waals surface area contributed by atoms with Gasteiger partial charge in [0.05, 0.1) is 5.69 Å². The van der Waals surface area contributed by atoms with E-state index in [1.165, 1.54) is 5.56 Å². The topological polar surface area (TPSA) is 57.8 Å². The summed E-state index contributed by atoms with van der Waals surface area (Å²) in [5.41, 5.74) is 2.99. The van der Waals surface area contributed by atoms with Gasteiger partial charge >= 0.3 is 0 Å². The average molecular weight is 363 g/mol. The van der Waals surface area contributed by atoms with E-state index in [2.05, 4.69) is 34.9 Å². The maximum atomic E-state index is 12.4. The molecule has 0 radical (unpaired) electrons. The molecule has 1 amide bonds. The number of aliphatic hydroxyl groups is 1.